The van der Waals surface area contributed by atoms with Crippen LogP contribution in [0.25, 0.3) is 0 Å². The van der Waals surface area contributed by atoms with Crippen molar-refractivity contribution in [3.8, 4) is 0 Å². The van der Waals surface area contributed by atoms with Crippen molar-refractivity contribution in [1.29, 1.82) is 0 Å². The van der Waals surface area contributed by atoms with Gasteiger partial charge in [-0.1, -0.05) is 18.2 Å². The Labute approximate surface area is 174 Å². The van der Waals surface area contributed by atoms with Crippen LogP contribution < -0.4 is 16.0 Å². The van der Waals surface area contributed by atoms with Gasteiger partial charge in [0.05, 0.1) is 0 Å². The number of nitrogens with one attached hydrogen (secondary N) is 3. The SMILES string of the molecule is CN=C(NCCNC(=O)c1ccccc1)NCC1CCN(S(=O)(=O)C(F)(F)F)CC1. The fraction of sp³-hybridized carbons (Fsp3) is 0.556. The van der Waals surface area contributed by atoms with Gasteiger partial charge in [-0.15, -0.1) is 0 Å². The summed E-state index contributed by atoms with van der Waals surface area (Å²) < 4.78 is 61.2. The van der Waals surface area contributed by atoms with Crippen LogP contribution in [0.3, 0.4) is 0 Å². The topological polar surface area (TPSA) is 103 Å². The van der Waals surface area contributed by atoms with E-state index in [9.17, 15) is 26.4 Å². The van der Waals surface area contributed by atoms with Crippen LogP contribution >= 0.6 is 0 Å². The van der Waals surface area contributed by atoms with Gasteiger partial charge in [0.25, 0.3) is 5.91 Å². The van der Waals surface area contributed by atoms with Crippen LogP contribution in [0.1, 0.15) is 23.2 Å². The molecule has 2 rings (SSSR count). The van der Waals surface area contributed by atoms with Crippen molar-refractivity contribution >= 4 is 21.9 Å². The third kappa shape index (κ3) is 6.59. The number of rotatable bonds is 7. The molecule has 3 N–H and O–H groups in total. The standard InChI is InChI=1S/C18H26F3N5O3S/c1-22-17(24-10-9-23-16(27)15-5-3-2-4-6-15)25-13-14-7-11-26(12-8-14)30(28,29)18(19,20)21/h2-6,14H,7-13H2,1H3,(H,23,27)(H2,22,24,25). The lowest BCUT2D eigenvalue weighted by atomic mass is 9.98. The largest absolute Gasteiger partial charge is 0.511 e. The zero-order valence-electron chi connectivity index (χ0n) is 16.6. The molecule has 8 nitrogen and oxygen atoms in total. The molecule has 30 heavy (non-hydrogen) atoms. The van der Waals surface area contributed by atoms with E-state index in [1.165, 1.54) is 0 Å². The predicted octanol–water partition coefficient (Wildman–Crippen LogP) is 1.14. The molecular weight excluding hydrogens is 423 g/mol. The van der Waals surface area contributed by atoms with Gasteiger partial charge in [-0.25, -0.2) is 8.42 Å². The van der Waals surface area contributed by atoms with Crippen molar-refractivity contribution in [2.75, 3.05) is 39.8 Å². The number of carbonyl (C=O) groups excluding carboxylic acids is 1. The Morgan fingerprint density at radius 1 is 1.10 bits per heavy atom. The van der Waals surface area contributed by atoms with Gasteiger partial charge in [0.15, 0.2) is 5.96 Å². The van der Waals surface area contributed by atoms with E-state index in [1.807, 2.05) is 6.07 Å². The van der Waals surface area contributed by atoms with E-state index in [0.29, 0.717) is 48.3 Å². The first kappa shape index (κ1) is 23.9. The highest BCUT2D eigenvalue weighted by molar-refractivity contribution is 7.90. The Bertz CT molecular complexity index is 823. The van der Waals surface area contributed by atoms with Crippen LogP contribution in [-0.4, -0.2) is 69.9 Å². The molecule has 1 aliphatic heterocycles. The third-order valence-electron chi connectivity index (χ3n) is 4.73. The summed E-state index contributed by atoms with van der Waals surface area (Å²) in [6.07, 6.45) is 0.652. The number of guanidine groups is 1. The number of sulfonamides is 1. The average Bonchev–Trinajstić information content (AvgIpc) is 2.73. The first-order valence-electron chi connectivity index (χ1n) is 9.49. The molecule has 0 atom stereocenters. The molecule has 0 aliphatic carbocycles. The lowest BCUT2D eigenvalue weighted by molar-refractivity contribution is -0.0496. The Hall–Kier alpha value is -2.34. The molecule has 1 aliphatic rings. The van der Waals surface area contributed by atoms with Crippen molar-refractivity contribution in [2.24, 2.45) is 10.9 Å². The summed E-state index contributed by atoms with van der Waals surface area (Å²) in [7, 11) is -3.68. The predicted molar refractivity (Wildman–Crippen MR) is 107 cm³/mol. The molecule has 0 radical (unpaired) electrons. The van der Waals surface area contributed by atoms with Crippen LogP contribution in [0, 0.1) is 5.92 Å². The van der Waals surface area contributed by atoms with E-state index in [4.69, 9.17) is 0 Å². The smallest absolute Gasteiger partial charge is 0.356 e. The molecule has 1 aromatic rings. The highest BCUT2D eigenvalue weighted by Crippen LogP contribution is 2.30. The Morgan fingerprint density at radius 3 is 2.27 bits per heavy atom. The zero-order valence-corrected chi connectivity index (χ0v) is 17.4. The van der Waals surface area contributed by atoms with Crippen molar-refractivity contribution in [3.63, 3.8) is 0 Å². The number of amides is 1. The summed E-state index contributed by atoms with van der Waals surface area (Å²) in [5, 5.41) is 8.89. The first-order chi connectivity index (χ1) is 14.1. The molecule has 1 saturated heterocycles. The van der Waals surface area contributed by atoms with Crippen molar-refractivity contribution in [3.05, 3.63) is 35.9 Å². The van der Waals surface area contributed by atoms with Crippen molar-refractivity contribution in [2.45, 2.75) is 18.3 Å². The molecule has 0 spiro atoms. The number of alkyl halides is 3. The number of halogens is 3. The quantitative estimate of drug-likeness (QED) is 0.329. The molecule has 168 valence electrons. The highest BCUT2D eigenvalue weighted by Gasteiger charge is 2.50. The Balaban J connectivity index is 1.67. The third-order valence-corrected chi connectivity index (χ3v) is 6.36. The fourth-order valence-corrected chi connectivity index (χ4v) is 3.99. The molecule has 1 amide bonds. The molecular formula is C18H26F3N5O3S. The second kappa shape index (κ2) is 10.6. The monoisotopic (exact) mass is 449 g/mol. The van der Waals surface area contributed by atoms with Gasteiger partial charge in [-0.05, 0) is 30.9 Å². The number of hydrogen-bond acceptors (Lipinski definition) is 4. The minimum Gasteiger partial charge on any atom is -0.356 e. The summed E-state index contributed by atoms with van der Waals surface area (Å²) in [4.78, 5) is 16.0. The van der Waals surface area contributed by atoms with Crippen molar-refractivity contribution in [1.82, 2.24) is 20.3 Å². The number of piperidine rings is 1. The second-order valence-electron chi connectivity index (χ2n) is 6.80. The van der Waals surface area contributed by atoms with Gasteiger partial charge >= 0.3 is 15.5 Å². The molecule has 12 heteroatoms. The summed E-state index contributed by atoms with van der Waals surface area (Å²) in [6, 6.07) is 8.82. The molecule has 0 saturated carbocycles. The van der Waals surface area contributed by atoms with Gasteiger partial charge in [-0.3, -0.25) is 9.79 Å². The zero-order chi connectivity index (χ0) is 22.2. The number of nitrogens with zero attached hydrogens (tertiary/aromatic N) is 2. The van der Waals surface area contributed by atoms with Gasteiger partial charge in [-0.2, -0.15) is 17.5 Å². The normalized spacial score (nSPS) is 16.9. The lowest BCUT2D eigenvalue weighted by Gasteiger charge is -2.31. The maximum Gasteiger partial charge on any atom is 0.511 e. The van der Waals surface area contributed by atoms with Gasteiger partial charge < -0.3 is 16.0 Å². The van der Waals surface area contributed by atoms with Gasteiger partial charge in [0.2, 0.25) is 0 Å². The Kier molecular flexibility index (Phi) is 8.47. The highest BCUT2D eigenvalue weighted by atomic mass is 32.2. The first-order valence-corrected chi connectivity index (χ1v) is 10.9. The molecule has 0 aromatic heterocycles. The maximum absolute atomic E-state index is 12.6. The van der Waals surface area contributed by atoms with Crippen LogP contribution in [0.5, 0.6) is 0 Å². The number of carbonyl (C=O) groups is 1. The van der Waals surface area contributed by atoms with E-state index in [1.54, 1.807) is 31.3 Å². The van der Waals surface area contributed by atoms with E-state index in [-0.39, 0.29) is 24.9 Å². The summed E-state index contributed by atoms with van der Waals surface area (Å²) in [5.74, 6) is 0.344. The summed E-state index contributed by atoms with van der Waals surface area (Å²) >= 11 is 0. The molecule has 1 aromatic carbocycles. The lowest BCUT2D eigenvalue weighted by Crippen LogP contribution is -2.47. The Morgan fingerprint density at radius 2 is 1.70 bits per heavy atom. The minimum atomic E-state index is -5.26. The van der Waals surface area contributed by atoms with Gasteiger partial charge in [0, 0.05) is 45.3 Å². The van der Waals surface area contributed by atoms with Crippen LogP contribution in [-0.2, 0) is 10.0 Å². The van der Waals surface area contributed by atoms with Crippen LogP contribution in [0.4, 0.5) is 13.2 Å². The molecule has 0 unspecified atom stereocenters. The summed E-state index contributed by atoms with van der Waals surface area (Å²) in [5.41, 5.74) is -4.70. The fourth-order valence-electron chi connectivity index (χ4n) is 3.01. The molecule has 0 bridgehead atoms. The second-order valence-corrected chi connectivity index (χ2v) is 8.72. The molecule has 1 heterocycles. The van der Waals surface area contributed by atoms with Crippen LogP contribution in [0.2, 0.25) is 0 Å². The van der Waals surface area contributed by atoms with E-state index in [2.05, 4.69) is 20.9 Å². The van der Waals surface area contributed by atoms with Crippen LogP contribution in [0.15, 0.2) is 35.3 Å². The van der Waals surface area contributed by atoms with Crippen molar-refractivity contribution < 1.29 is 26.4 Å². The minimum absolute atomic E-state index is 0.0287. The van der Waals surface area contributed by atoms with Gasteiger partial charge in [0.1, 0.15) is 0 Å². The maximum atomic E-state index is 12.6. The molecule has 1 fully saturated rings. The number of aliphatic imine (C=N–C) groups is 1. The van der Waals surface area contributed by atoms with E-state index >= 15 is 0 Å². The van der Waals surface area contributed by atoms with E-state index in [0.717, 1.165) is 0 Å². The summed E-state index contributed by atoms with van der Waals surface area (Å²) in [6.45, 7) is 0.941. The van der Waals surface area contributed by atoms with E-state index < -0.39 is 15.5 Å². The number of hydrogen-bond donors (Lipinski definition) is 3. The average molecular weight is 449 g/mol. The number of benzene rings is 1.